The molecule has 10 nitrogen and oxygen atoms in total. The molecule has 0 radical (unpaired) electrons. The summed E-state index contributed by atoms with van der Waals surface area (Å²) in [5.74, 6) is 0.929. The SMILES string of the molecule is Cn1nccc1-c1cc(N2CC3CCC(C2)O3)nn2c(-c3ccn(C4CCCCO4)n3)cnc12. The van der Waals surface area contributed by atoms with E-state index in [9.17, 15) is 0 Å². The van der Waals surface area contributed by atoms with Gasteiger partial charge in [0.15, 0.2) is 11.5 Å². The van der Waals surface area contributed by atoms with Crippen LogP contribution in [-0.2, 0) is 16.5 Å². The number of nitrogens with zero attached hydrogens (tertiary/aromatic N) is 8. The molecule has 4 aromatic heterocycles. The third-order valence-electron chi connectivity index (χ3n) is 7.24. The number of hydrogen-bond donors (Lipinski definition) is 0. The van der Waals surface area contributed by atoms with Crippen LogP contribution in [0.15, 0.2) is 36.8 Å². The van der Waals surface area contributed by atoms with Crippen LogP contribution in [0, 0.1) is 0 Å². The van der Waals surface area contributed by atoms with Crippen LogP contribution >= 0.6 is 0 Å². The molecule has 0 amide bonds. The number of imidazole rings is 1. The van der Waals surface area contributed by atoms with E-state index in [4.69, 9.17) is 24.7 Å². The lowest BCUT2D eigenvalue weighted by molar-refractivity contribution is -0.0393. The molecule has 0 saturated carbocycles. The predicted molar refractivity (Wildman–Crippen MR) is 125 cm³/mol. The summed E-state index contributed by atoms with van der Waals surface area (Å²) in [6.45, 7) is 2.50. The van der Waals surface area contributed by atoms with Gasteiger partial charge < -0.3 is 14.4 Å². The molecule has 7 heterocycles. The van der Waals surface area contributed by atoms with E-state index >= 15 is 0 Å². The number of anilines is 1. The Bertz CT molecular complexity index is 1320. The van der Waals surface area contributed by atoms with E-state index in [1.807, 2.05) is 51.6 Å². The first kappa shape index (κ1) is 20.2. The molecule has 2 bridgehead atoms. The van der Waals surface area contributed by atoms with Gasteiger partial charge in [0.05, 0.1) is 24.1 Å². The highest BCUT2D eigenvalue weighted by Crippen LogP contribution is 2.34. The molecule has 3 atom stereocenters. The Kier molecular flexibility index (Phi) is 4.69. The average Bonchev–Trinajstić information content (AvgIpc) is 3.66. The molecule has 3 unspecified atom stereocenters. The molecule has 0 aliphatic carbocycles. The molecule has 3 saturated heterocycles. The van der Waals surface area contributed by atoms with E-state index in [2.05, 4.69) is 16.1 Å². The van der Waals surface area contributed by atoms with Crippen LogP contribution in [0.5, 0.6) is 0 Å². The van der Waals surface area contributed by atoms with Gasteiger partial charge in [-0.1, -0.05) is 0 Å². The zero-order chi connectivity index (χ0) is 22.6. The van der Waals surface area contributed by atoms with Gasteiger partial charge in [0.2, 0.25) is 0 Å². The third-order valence-corrected chi connectivity index (χ3v) is 7.24. The summed E-state index contributed by atoms with van der Waals surface area (Å²) in [5, 5.41) is 14.3. The first-order valence-corrected chi connectivity index (χ1v) is 12.2. The first-order chi connectivity index (χ1) is 16.7. The Morgan fingerprint density at radius 1 is 1.00 bits per heavy atom. The van der Waals surface area contributed by atoms with Crippen molar-refractivity contribution in [2.24, 2.45) is 7.05 Å². The summed E-state index contributed by atoms with van der Waals surface area (Å²) in [6, 6.07) is 6.18. The molecule has 3 aliphatic heterocycles. The van der Waals surface area contributed by atoms with Gasteiger partial charge in [-0.05, 0) is 50.3 Å². The van der Waals surface area contributed by atoms with E-state index in [1.54, 1.807) is 0 Å². The zero-order valence-corrected chi connectivity index (χ0v) is 19.2. The largest absolute Gasteiger partial charge is 0.371 e. The van der Waals surface area contributed by atoms with Crippen LogP contribution in [0.3, 0.4) is 0 Å². The number of aromatic nitrogens is 7. The van der Waals surface area contributed by atoms with Crippen LogP contribution < -0.4 is 4.90 Å². The fourth-order valence-corrected chi connectivity index (χ4v) is 5.48. The van der Waals surface area contributed by atoms with Crippen molar-refractivity contribution >= 4 is 11.5 Å². The van der Waals surface area contributed by atoms with Gasteiger partial charge in [0.1, 0.15) is 17.6 Å². The lowest BCUT2D eigenvalue weighted by Crippen LogP contribution is -2.43. The van der Waals surface area contributed by atoms with Gasteiger partial charge in [-0.2, -0.15) is 10.2 Å². The van der Waals surface area contributed by atoms with Crippen LogP contribution in [0.2, 0.25) is 0 Å². The molecule has 0 N–H and O–H groups in total. The molecular formula is C24H28N8O2. The molecule has 10 heteroatoms. The normalized spacial score (nSPS) is 24.9. The van der Waals surface area contributed by atoms with Crippen LogP contribution in [0.4, 0.5) is 5.82 Å². The summed E-state index contributed by atoms with van der Waals surface area (Å²) < 4.78 is 17.7. The maximum Gasteiger partial charge on any atom is 0.163 e. The van der Waals surface area contributed by atoms with Gasteiger partial charge in [0, 0.05) is 44.7 Å². The van der Waals surface area contributed by atoms with E-state index in [-0.39, 0.29) is 18.4 Å². The summed E-state index contributed by atoms with van der Waals surface area (Å²) in [6.07, 6.45) is 11.7. The van der Waals surface area contributed by atoms with E-state index in [0.29, 0.717) is 0 Å². The van der Waals surface area contributed by atoms with Gasteiger partial charge >= 0.3 is 0 Å². The highest BCUT2D eigenvalue weighted by atomic mass is 16.5. The second kappa shape index (κ2) is 7.92. The minimum absolute atomic E-state index is 0.000894. The second-order valence-corrected chi connectivity index (χ2v) is 9.50. The summed E-state index contributed by atoms with van der Waals surface area (Å²) in [7, 11) is 1.95. The van der Waals surface area contributed by atoms with Crippen LogP contribution in [0.25, 0.3) is 28.3 Å². The molecular weight excluding hydrogens is 432 g/mol. The van der Waals surface area contributed by atoms with Gasteiger partial charge in [-0.3, -0.25) is 4.68 Å². The van der Waals surface area contributed by atoms with Crippen LogP contribution in [-0.4, -0.2) is 66.1 Å². The number of aryl methyl sites for hydroxylation is 1. The molecule has 0 spiro atoms. The number of morpholine rings is 1. The minimum Gasteiger partial charge on any atom is -0.371 e. The lowest BCUT2D eigenvalue weighted by Gasteiger charge is -2.33. The van der Waals surface area contributed by atoms with E-state index < -0.39 is 0 Å². The molecule has 7 rings (SSSR count). The quantitative estimate of drug-likeness (QED) is 0.463. The Morgan fingerprint density at radius 2 is 1.88 bits per heavy atom. The zero-order valence-electron chi connectivity index (χ0n) is 19.2. The fourth-order valence-electron chi connectivity index (χ4n) is 5.48. The standard InChI is InChI=1S/C24H28N8O2/c1-29-20(7-9-26-29)18-12-22(30-14-16-5-6-17(15-30)34-16)28-32-21(13-25-24(18)32)19-8-10-31(27-19)23-4-2-3-11-33-23/h7-10,12-13,16-17,23H,2-6,11,14-15H2,1H3. The fraction of sp³-hybridized carbons (Fsp3) is 0.500. The van der Waals surface area contributed by atoms with Crippen LogP contribution in [0.1, 0.15) is 38.3 Å². The van der Waals surface area contributed by atoms with E-state index in [1.165, 1.54) is 0 Å². The van der Waals surface area contributed by atoms with Crippen molar-refractivity contribution in [2.75, 3.05) is 24.6 Å². The van der Waals surface area contributed by atoms with E-state index in [0.717, 1.165) is 85.9 Å². The second-order valence-electron chi connectivity index (χ2n) is 9.50. The van der Waals surface area contributed by atoms with Gasteiger partial charge in [-0.25, -0.2) is 14.2 Å². The first-order valence-electron chi connectivity index (χ1n) is 12.2. The third kappa shape index (κ3) is 3.32. The molecule has 0 aromatic carbocycles. The van der Waals surface area contributed by atoms with Crippen molar-refractivity contribution in [1.29, 1.82) is 0 Å². The number of hydrogen-bond acceptors (Lipinski definition) is 7. The predicted octanol–water partition coefficient (Wildman–Crippen LogP) is 3.06. The Balaban J connectivity index is 1.34. The Hall–Kier alpha value is -3.24. The molecule has 34 heavy (non-hydrogen) atoms. The van der Waals surface area contributed by atoms with Crippen molar-refractivity contribution in [3.8, 4) is 22.6 Å². The lowest BCUT2D eigenvalue weighted by atomic mass is 10.2. The van der Waals surface area contributed by atoms with Crippen molar-refractivity contribution in [1.82, 2.24) is 34.2 Å². The van der Waals surface area contributed by atoms with Gasteiger partial charge in [-0.15, -0.1) is 5.10 Å². The Labute approximate surface area is 197 Å². The maximum absolute atomic E-state index is 6.07. The summed E-state index contributed by atoms with van der Waals surface area (Å²) >= 11 is 0. The minimum atomic E-state index is -0.000894. The highest BCUT2D eigenvalue weighted by molar-refractivity contribution is 5.79. The van der Waals surface area contributed by atoms with Crippen molar-refractivity contribution in [3.05, 3.63) is 36.8 Å². The smallest absolute Gasteiger partial charge is 0.163 e. The molecule has 3 fully saturated rings. The van der Waals surface area contributed by atoms with Crippen molar-refractivity contribution in [2.45, 2.75) is 50.5 Å². The number of rotatable bonds is 4. The monoisotopic (exact) mass is 460 g/mol. The molecule has 3 aliphatic rings. The summed E-state index contributed by atoms with van der Waals surface area (Å²) in [4.78, 5) is 7.13. The number of ether oxygens (including phenoxy) is 2. The maximum atomic E-state index is 6.07. The number of fused-ring (bicyclic) bond motifs is 3. The van der Waals surface area contributed by atoms with Gasteiger partial charge in [0.25, 0.3) is 0 Å². The van der Waals surface area contributed by atoms with Crippen molar-refractivity contribution in [3.63, 3.8) is 0 Å². The average molecular weight is 461 g/mol. The topological polar surface area (TPSA) is 87.5 Å². The molecule has 4 aromatic rings. The summed E-state index contributed by atoms with van der Waals surface area (Å²) in [5.41, 5.74) is 4.51. The Morgan fingerprint density at radius 3 is 2.65 bits per heavy atom. The molecule has 176 valence electrons. The van der Waals surface area contributed by atoms with Crippen molar-refractivity contribution < 1.29 is 9.47 Å². The highest BCUT2D eigenvalue weighted by Gasteiger charge is 2.35.